The lowest BCUT2D eigenvalue weighted by Gasteiger charge is -2.32. The van der Waals surface area contributed by atoms with Crippen molar-refractivity contribution in [3.8, 4) is 22.3 Å². The fourth-order valence-corrected chi connectivity index (χ4v) is 11.7. The Hall–Kier alpha value is -7.46. The fourth-order valence-electron chi connectivity index (χ4n) is 10.6. The second kappa shape index (κ2) is 12.8. The van der Waals surface area contributed by atoms with Crippen LogP contribution < -0.4 is 10.2 Å². The second-order valence-corrected chi connectivity index (χ2v) is 17.2. The smallest absolute Gasteiger partial charge is 0.0737 e. The van der Waals surface area contributed by atoms with Crippen LogP contribution in [-0.4, -0.2) is 0 Å². The number of anilines is 5. The third-order valence-electron chi connectivity index (χ3n) is 13.0. The molecule has 11 aromatic rings. The predicted molar refractivity (Wildman–Crippen MR) is 255 cm³/mol. The van der Waals surface area contributed by atoms with Crippen molar-refractivity contribution in [2.45, 2.75) is 5.41 Å². The molecule has 2 aliphatic carbocycles. The molecular weight excluding hydrogens is 745 g/mol. The molecule has 0 saturated carbocycles. The molecule has 0 saturated heterocycles. The summed E-state index contributed by atoms with van der Waals surface area (Å²) in [5.74, 6) is 0. The summed E-state index contributed by atoms with van der Waals surface area (Å²) in [6, 6.07) is 78.7. The van der Waals surface area contributed by atoms with Crippen molar-refractivity contribution in [1.29, 1.82) is 0 Å². The van der Waals surface area contributed by atoms with Crippen molar-refractivity contribution in [3.05, 3.63) is 235 Å². The van der Waals surface area contributed by atoms with Crippen LogP contribution in [0.2, 0.25) is 0 Å². The topological polar surface area (TPSA) is 15.3 Å². The molecule has 0 atom stereocenters. The van der Waals surface area contributed by atoms with E-state index in [1.807, 2.05) is 11.3 Å². The lowest BCUT2D eigenvalue weighted by atomic mass is 9.68. The highest BCUT2D eigenvalue weighted by Crippen LogP contribution is 2.65. The van der Waals surface area contributed by atoms with Gasteiger partial charge in [-0.05, 0) is 139 Å². The van der Waals surface area contributed by atoms with Crippen molar-refractivity contribution >= 4 is 81.5 Å². The van der Waals surface area contributed by atoms with E-state index in [0.29, 0.717) is 0 Å². The Morgan fingerprint density at radius 3 is 1.65 bits per heavy atom. The first-order chi connectivity index (χ1) is 29.7. The number of rotatable bonds is 5. The Kier molecular flexibility index (Phi) is 7.13. The number of fused-ring (bicyclic) bond motifs is 17. The van der Waals surface area contributed by atoms with Gasteiger partial charge in [0.1, 0.15) is 0 Å². The van der Waals surface area contributed by atoms with E-state index in [-0.39, 0.29) is 0 Å². The molecule has 10 aromatic carbocycles. The number of hydrogen-bond donors (Lipinski definition) is 1. The largest absolute Gasteiger partial charge is 0.356 e. The van der Waals surface area contributed by atoms with Gasteiger partial charge in [-0.25, -0.2) is 0 Å². The molecule has 280 valence electrons. The Morgan fingerprint density at radius 2 is 0.917 bits per heavy atom. The summed E-state index contributed by atoms with van der Waals surface area (Å²) >= 11 is 1.86. The molecular formula is C57H36N2S. The van der Waals surface area contributed by atoms with Gasteiger partial charge in [-0.1, -0.05) is 140 Å². The van der Waals surface area contributed by atoms with Crippen molar-refractivity contribution < 1.29 is 0 Å². The molecule has 0 fully saturated rings. The second-order valence-electron chi connectivity index (χ2n) is 16.1. The minimum Gasteiger partial charge on any atom is -0.356 e. The summed E-state index contributed by atoms with van der Waals surface area (Å²) in [6.45, 7) is 0. The van der Waals surface area contributed by atoms with Crippen molar-refractivity contribution in [2.75, 3.05) is 10.2 Å². The molecule has 60 heavy (non-hydrogen) atoms. The zero-order valence-corrected chi connectivity index (χ0v) is 33.4. The van der Waals surface area contributed by atoms with E-state index < -0.39 is 5.41 Å². The van der Waals surface area contributed by atoms with Crippen LogP contribution >= 0.6 is 11.3 Å². The molecule has 0 bridgehead atoms. The van der Waals surface area contributed by atoms with E-state index >= 15 is 0 Å². The Balaban J connectivity index is 1.05. The van der Waals surface area contributed by atoms with E-state index in [2.05, 4.69) is 223 Å². The lowest BCUT2D eigenvalue weighted by Crippen LogP contribution is -2.26. The molecule has 0 aliphatic heterocycles. The van der Waals surface area contributed by atoms with E-state index in [0.717, 1.165) is 28.4 Å². The van der Waals surface area contributed by atoms with Gasteiger partial charge in [0.05, 0.1) is 5.41 Å². The summed E-state index contributed by atoms with van der Waals surface area (Å²) < 4.78 is 2.62. The Bertz CT molecular complexity index is 3480. The lowest BCUT2D eigenvalue weighted by molar-refractivity contribution is 0.809. The monoisotopic (exact) mass is 780 g/mol. The molecule has 1 N–H and O–H groups in total. The number of hydrogen-bond acceptors (Lipinski definition) is 3. The average Bonchev–Trinajstić information content (AvgIpc) is 3.94. The van der Waals surface area contributed by atoms with Gasteiger partial charge in [0.15, 0.2) is 0 Å². The van der Waals surface area contributed by atoms with E-state index in [1.54, 1.807) is 0 Å². The molecule has 3 heteroatoms. The van der Waals surface area contributed by atoms with Gasteiger partial charge in [0.25, 0.3) is 0 Å². The maximum atomic E-state index is 3.65. The standard InChI is InChI=1S/C57H36N2S/c1-3-13-38(14-4-1)58-39-25-30-43-36(33-39)23-28-48-49-29-24-37-34-41(59(40-15-5-2-6-16-40)42-27-32-54-50(35-42)47-19-9-12-22-53(47)60-54)26-31-44(37)56(49)57(55(43)48)51-20-10-7-17-45(51)46-18-8-11-21-52(46)57/h1-35,58H. The molecule has 1 aromatic heterocycles. The van der Waals surface area contributed by atoms with Crippen molar-refractivity contribution in [2.24, 2.45) is 0 Å². The molecule has 1 heterocycles. The number of nitrogens with one attached hydrogen (secondary N) is 1. The minimum atomic E-state index is -0.503. The van der Waals surface area contributed by atoms with Gasteiger partial charge in [-0.2, -0.15) is 0 Å². The summed E-state index contributed by atoms with van der Waals surface area (Å²) in [6.07, 6.45) is 0. The molecule has 13 rings (SSSR count). The van der Waals surface area contributed by atoms with Gasteiger partial charge in [-0.15, -0.1) is 11.3 Å². The zero-order chi connectivity index (χ0) is 39.4. The molecule has 2 aliphatic rings. The highest BCUT2D eigenvalue weighted by molar-refractivity contribution is 7.25. The summed E-state index contributed by atoms with van der Waals surface area (Å²) in [5, 5.41) is 11.3. The van der Waals surface area contributed by atoms with Crippen LogP contribution in [0.25, 0.3) is 64.0 Å². The molecule has 0 amide bonds. The van der Waals surface area contributed by atoms with Gasteiger partial charge >= 0.3 is 0 Å². The van der Waals surface area contributed by atoms with E-state index in [9.17, 15) is 0 Å². The van der Waals surface area contributed by atoms with Crippen LogP contribution in [-0.2, 0) is 5.41 Å². The van der Waals surface area contributed by atoms with Crippen LogP contribution in [0.5, 0.6) is 0 Å². The van der Waals surface area contributed by atoms with Crippen LogP contribution in [0.4, 0.5) is 28.4 Å². The zero-order valence-electron chi connectivity index (χ0n) is 32.6. The average molecular weight is 781 g/mol. The quantitative estimate of drug-likeness (QED) is 0.187. The maximum absolute atomic E-state index is 3.65. The van der Waals surface area contributed by atoms with Crippen LogP contribution in [0.3, 0.4) is 0 Å². The van der Waals surface area contributed by atoms with E-state index in [4.69, 9.17) is 0 Å². The van der Waals surface area contributed by atoms with Crippen LogP contribution in [0.15, 0.2) is 212 Å². The highest BCUT2D eigenvalue weighted by Gasteiger charge is 2.53. The van der Waals surface area contributed by atoms with Crippen molar-refractivity contribution in [3.63, 3.8) is 0 Å². The summed E-state index contributed by atoms with van der Waals surface area (Å²) in [7, 11) is 0. The molecule has 1 spiro atoms. The van der Waals surface area contributed by atoms with Crippen LogP contribution in [0.1, 0.15) is 22.3 Å². The normalized spacial score (nSPS) is 13.1. The highest BCUT2D eigenvalue weighted by atomic mass is 32.1. The summed E-state index contributed by atoms with van der Waals surface area (Å²) in [5.41, 5.74) is 15.7. The number of thiophene rings is 1. The predicted octanol–water partition coefficient (Wildman–Crippen LogP) is 15.9. The van der Waals surface area contributed by atoms with Gasteiger partial charge in [0, 0.05) is 48.6 Å². The first-order valence-electron chi connectivity index (χ1n) is 20.7. The summed E-state index contributed by atoms with van der Waals surface area (Å²) in [4.78, 5) is 2.41. The van der Waals surface area contributed by atoms with Gasteiger partial charge in [-0.3, -0.25) is 0 Å². The Morgan fingerprint density at radius 1 is 0.350 bits per heavy atom. The van der Waals surface area contributed by atoms with E-state index in [1.165, 1.54) is 86.2 Å². The first kappa shape index (κ1) is 33.5. The number of benzene rings is 10. The fraction of sp³-hybridized carbons (Fsp3) is 0.0175. The maximum Gasteiger partial charge on any atom is 0.0737 e. The SMILES string of the molecule is c1ccc(Nc2ccc3c4c(ccc3c2)-c2ccc3cc(N(c5ccccc5)c5ccc6sc7ccccc7c6c5)ccc3c2C42c3ccccc3-c3ccccc32)cc1. The number of nitrogens with zero attached hydrogens (tertiary/aromatic N) is 1. The van der Waals surface area contributed by atoms with Gasteiger partial charge < -0.3 is 10.2 Å². The first-order valence-corrected chi connectivity index (χ1v) is 21.5. The Labute approximate surface area is 352 Å². The van der Waals surface area contributed by atoms with Crippen LogP contribution in [0, 0.1) is 0 Å². The third kappa shape index (κ3) is 4.69. The van der Waals surface area contributed by atoms with Crippen molar-refractivity contribution in [1.82, 2.24) is 0 Å². The number of para-hydroxylation sites is 2. The molecule has 2 nitrogen and oxygen atoms in total. The minimum absolute atomic E-state index is 0.503. The third-order valence-corrected chi connectivity index (χ3v) is 14.1. The molecule has 0 unspecified atom stereocenters. The molecule has 0 radical (unpaired) electrons. The van der Waals surface area contributed by atoms with Gasteiger partial charge in [0.2, 0.25) is 0 Å².